The van der Waals surface area contributed by atoms with Gasteiger partial charge >= 0.3 is 6.09 Å². The smallest absolute Gasteiger partial charge is 0.407 e. The first-order valence-corrected chi connectivity index (χ1v) is 6.15. The first kappa shape index (κ1) is 14.4. The van der Waals surface area contributed by atoms with Gasteiger partial charge in [0.25, 0.3) is 0 Å². The number of nitrogens with one attached hydrogen (secondary N) is 1. The van der Waals surface area contributed by atoms with Gasteiger partial charge in [0.1, 0.15) is 5.75 Å². The molecule has 0 saturated heterocycles. The monoisotopic (exact) mass is 251 g/mol. The van der Waals surface area contributed by atoms with Crippen LogP contribution in [0.5, 0.6) is 5.75 Å². The molecule has 0 heterocycles. The number of carbonyl (C=O) groups is 1. The lowest BCUT2D eigenvalue weighted by atomic mass is 10.1. The van der Waals surface area contributed by atoms with Crippen LogP contribution in [0.15, 0.2) is 24.3 Å². The second kappa shape index (κ2) is 7.58. The molecule has 0 fully saturated rings. The van der Waals surface area contributed by atoms with Crippen LogP contribution < -0.4 is 10.1 Å². The lowest BCUT2D eigenvalue weighted by Gasteiger charge is -2.09. The van der Waals surface area contributed by atoms with E-state index in [9.17, 15) is 4.79 Å². The highest BCUT2D eigenvalue weighted by molar-refractivity contribution is 5.67. The van der Waals surface area contributed by atoms with Crippen LogP contribution in [0.3, 0.4) is 0 Å². The Hall–Kier alpha value is -1.71. The molecule has 18 heavy (non-hydrogen) atoms. The fraction of sp³-hybridized carbons (Fsp3) is 0.500. The Labute approximate surface area is 108 Å². The Morgan fingerprint density at radius 1 is 1.28 bits per heavy atom. The average Bonchev–Trinajstić information content (AvgIpc) is 2.37. The van der Waals surface area contributed by atoms with E-state index in [0.717, 1.165) is 17.7 Å². The van der Waals surface area contributed by atoms with Crippen LogP contribution in [0.25, 0.3) is 0 Å². The predicted octanol–water partition coefficient (Wildman–Crippen LogP) is 2.62. The van der Waals surface area contributed by atoms with Gasteiger partial charge in [-0.3, -0.25) is 0 Å². The van der Waals surface area contributed by atoms with Crippen molar-refractivity contribution in [1.82, 2.24) is 5.32 Å². The van der Waals surface area contributed by atoms with E-state index in [1.807, 2.05) is 38.1 Å². The maximum absolute atomic E-state index is 11.3. The first-order chi connectivity index (χ1) is 8.61. The van der Waals surface area contributed by atoms with E-state index < -0.39 is 0 Å². The maximum atomic E-state index is 11.3. The number of carbonyl (C=O) groups excluding carboxylic acids is 1. The van der Waals surface area contributed by atoms with Crippen LogP contribution in [-0.4, -0.2) is 26.4 Å². The van der Waals surface area contributed by atoms with Gasteiger partial charge in [-0.25, -0.2) is 4.79 Å². The topological polar surface area (TPSA) is 47.6 Å². The van der Waals surface area contributed by atoms with Gasteiger partial charge in [0.05, 0.1) is 13.7 Å². The number of hydrogen-bond donors (Lipinski definition) is 1. The van der Waals surface area contributed by atoms with Crippen molar-refractivity contribution in [2.75, 3.05) is 20.3 Å². The highest BCUT2D eigenvalue weighted by Gasteiger charge is 2.03. The zero-order valence-electron chi connectivity index (χ0n) is 11.2. The summed E-state index contributed by atoms with van der Waals surface area (Å²) >= 11 is 0. The summed E-state index contributed by atoms with van der Waals surface area (Å²) < 4.78 is 10.1. The Bertz CT molecular complexity index is 360. The summed E-state index contributed by atoms with van der Waals surface area (Å²) in [5, 5.41) is 2.72. The molecule has 0 atom stereocenters. The van der Waals surface area contributed by atoms with Crippen LogP contribution in [0.1, 0.15) is 19.4 Å². The average molecular weight is 251 g/mol. The van der Waals surface area contributed by atoms with Gasteiger partial charge in [-0.1, -0.05) is 26.0 Å². The third-order valence-corrected chi connectivity index (χ3v) is 2.39. The summed E-state index contributed by atoms with van der Waals surface area (Å²) in [4.78, 5) is 11.3. The second-order valence-corrected chi connectivity index (χ2v) is 4.52. The molecule has 0 aliphatic heterocycles. The molecule has 0 saturated carbocycles. The van der Waals surface area contributed by atoms with Gasteiger partial charge in [-0.2, -0.15) is 0 Å². The summed E-state index contributed by atoms with van der Waals surface area (Å²) in [6.45, 7) is 5.03. The van der Waals surface area contributed by atoms with Crippen molar-refractivity contribution in [3.8, 4) is 5.75 Å². The van der Waals surface area contributed by atoms with E-state index in [0.29, 0.717) is 19.1 Å². The Morgan fingerprint density at radius 3 is 2.50 bits per heavy atom. The number of amides is 1. The summed E-state index contributed by atoms with van der Waals surface area (Å²) in [5.74, 6) is 1.19. The summed E-state index contributed by atoms with van der Waals surface area (Å²) in [6, 6.07) is 7.79. The third kappa shape index (κ3) is 5.57. The van der Waals surface area contributed by atoms with Crippen molar-refractivity contribution >= 4 is 6.09 Å². The molecule has 0 aliphatic rings. The molecule has 1 N–H and O–H groups in total. The van der Waals surface area contributed by atoms with Gasteiger partial charge in [-0.15, -0.1) is 0 Å². The first-order valence-electron chi connectivity index (χ1n) is 6.15. The summed E-state index contributed by atoms with van der Waals surface area (Å²) in [6.07, 6.45) is 0.429. The van der Waals surface area contributed by atoms with Gasteiger partial charge in [0.15, 0.2) is 0 Å². The molecule has 1 amide bonds. The molecule has 0 radical (unpaired) electrons. The van der Waals surface area contributed by atoms with Crippen molar-refractivity contribution < 1.29 is 14.3 Å². The molecule has 1 rings (SSSR count). The standard InChI is InChI=1S/C14H21NO3/c1-11(2)10-18-14(16)15-9-8-12-4-6-13(17-3)7-5-12/h4-7,11H,8-10H2,1-3H3,(H,15,16). The number of hydrogen-bond acceptors (Lipinski definition) is 3. The molecule has 1 aromatic carbocycles. The molecule has 0 unspecified atom stereocenters. The molecule has 4 nitrogen and oxygen atoms in total. The molecule has 0 aliphatic carbocycles. The predicted molar refractivity (Wildman–Crippen MR) is 70.9 cm³/mol. The lowest BCUT2D eigenvalue weighted by Crippen LogP contribution is -2.27. The fourth-order valence-corrected chi connectivity index (χ4v) is 1.39. The number of rotatable bonds is 6. The summed E-state index contributed by atoms with van der Waals surface area (Å²) in [7, 11) is 1.64. The molecular weight excluding hydrogens is 230 g/mol. The highest BCUT2D eigenvalue weighted by atomic mass is 16.5. The highest BCUT2D eigenvalue weighted by Crippen LogP contribution is 2.11. The number of alkyl carbamates (subject to hydrolysis) is 1. The minimum absolute atomic E-state index is 0.350. The minimum Gasteiger partial charge on any atom is -0.497 e. The molecular formula is C14H21NO3. The van der Waals surface area contributed by atoms with Crippen LogP contribution in [0.2, 0.25) is 0 Å². The van der Waals surface area contributed by atoms with E-state index in [-0.39, 0.29) is 6.09 Å². The number of benzene rings is 1. The molecule has 0 spiro atoms. The van der Waals surface area contributed by atoms with Crippen LogP contribution in [0.4, 0.5) is 4.79 Å². The van der Waals surface area contributed by atoms with Gasteiger partial charge in [0.2, 0.25) is 0 Å². The SMILES string of the molecule is COc1ccc(CCNC(=O)OCC(C)C)cc1. The van der Waals surface area contributed by atoms with E-state index >= 15 is 0 Å². The zero-order chi connectivity index (χ0) is 13.4. The second-order valence-electron chi connectivity index (χ2n) is 4.52. The molecule has 0 bridgehead atoms. The third-order valence-electron chi connectivity index (χ3n) is 2.39. The van der Waals surface area contributed by atoms with E-state index in [1.54, 1.807) is 7.11 Å². The summed E-state index contributed by atoms with van der Waals surface area (Å²) in [5.41, 5.74) is 1.15. The van der Waals surface area contributed by atoms with E-state index in [4.69, 9.17) is 9.47 Å². The normalized spacial score (nSPS) is 10.2. The maximum Gasteiger partial charge on any atom is 0.407 e. The van der Waals surface area contributed by atoms with Crippen molar-refractivity contribution in [2.24, 2.45) is 5.92 Å². The Morgan fingerprint density at radius 2 is 1.94 bits per heavy atom. The molecule has 1 aromatic rings. The van der Waals surface area contributed by atoms with Crippen LogP contribution in [0, 0.1) is 5.92 Å². The van der Waals surface area contributed by atoms with Crippen molar-refractivity contribution in [3.05, 3.63) is 29.8 Å². The van der Waals surface area contributed by atoms with Crippen LogP contribution in [-0.2, 0) is 11.2 Å². The largest absolute Gasteiger partial charge is 0.497 e. The van der Waals surface area contributed by atoms with Crippen LogP contribution >= 0.6 is 0 Å². The molecule has 4 heteroatoms. The molecule has 0 aromatic heterocycles. The van der Waals surface area contributed by atoms with Crippen molar-refractivity contribution in [3.63, 3.8) is 0 Å². The number of methoxy groups -OCH3 is 1. The van der Waals surface area contributed by atoms with Crippen molar-refractivity contribution in [1.29, 1.82) is 0 Å². The van der Waals surface area contributed by atoms with E-state index in [1.165, 1.54) is 0 Å². The fourth-order valence-electron chi connectivity index (χ4n) is 1.39. The lowest BCUT2D eigenvalue weighted by molar-refractivity contribution is 0.133. The zero-order valence-corrected chi connectivity index (χ0v) is 11.2. The number of ether oxygens (including phenoxy) is 2. The van der Waals surface area contributed by atoms with Gasteiger partial charge in [0, 0.05) is 6.54 Å². The minimum atomic E-state index is -0.350. The molecule has 100 valence electrons. The van der Waals surface area contributed by atoms with Gasteiger partial charge in [-0.05, 0) is 30.0 Å². The van der Waals surface area contributed by atoms with Crippen molar-refractivity contribution in [2.45, 2.75) is 20.3 Å². The van der Waals surface area contributed by atoms with E-state index in [2.05, 4.69) is 5.32 Å². The Balaban J connectivity index is 2.22. The van der Waals surface area contributed by atoms with Gasteiger partial charge < -0.3 is 14.8 Å². The Kier molecular flexibility index (Phi) is 6.05. The quantitative estimate of drug-likeness (QED) is 0.845.